The van der Waals surface area contributed by atoms with Crippen LogP contribution in [0.15, 0.2) is 0 Å². The molecule has 94 valence electrons. The lowest BCUT2D eigenvalue weighted by atomic mass is 10.1. The molecule has 0 amide bonds. The third-order valence-corrected chi connectivity index (χ3v) is 2.75. The molecule has 16 heavy (non-hydrogen) atoms. The smallest absolute Gasteiger partial charge is 0.188 e. The third-order valence-electron chi connectivity index (χ3n) is 2.75. The van der Waals surface area contributed by atoms with E-state index in [-0.39, 0.29) is 24.6 Å². The maximum atomic E-state index is 11.8. The molecule has 0 aliphatic carbocycles. The average molecular weight is 229 g/mol. The fraction of sp³-hybridized carbons (Fsp3) is 0.917. The summed E-state index contributed by atoms with van der Waals surface area (Å²) in [7, 11) is 0. The number of Topliss-reactive ketones (excluding diaryl/α,β-unsaturated/α-hetero) is 1. The predicted molar refractivity (Wildman–Crippen MR) is 62.5 cm³/mol. The van der Waals surface area contributed by atoms with Crippen LogP contribution >= 0.6 is 0 Å². The molecular weight excluding hydrogens is 206 g/mol. The van der Waals surface area contributed by atoms with E-state index < -0.39 is 0 Å². The van der Waals surface area contributed by atoms with Crippen molar-refractivity contribution in [2.45, 2.75) is 45.9 Å². The van der Waals surface area contributed by atoms with Crippen molar-refractivity contribution < 1.29 is 14.3 Å². The molecule has 1 saturated heterocycles. The van der Waals surface area contributed by atoms with E-state index in [2.05, 4.69) is 18.7 Å². The van der Waals surface area contributed by atoms with Crippen molar-refractivity contribution in [3.05, 3.63) is 0 Å². The summed E-state index contributed by atoms with van der Waals surface area (Å²) in [6.07, 6.45) is -0.219. The van der Waals surface area contributed by atoms with Gasteiger partial charge in [-0.2, -0.15) is 0 Å². The summed E-state index contributed by atoms with van der Waals surface area (Å²) in [6, 6.07) is 0.463. The summed E-state index contributed by atoms with van der Waals surface area (Å²) in [4.78, 5) is 14.1. The third kappa shape index (κ3) is 4.20. The van der Waals surface area contributed by atoms with E-state index in [1.165, 1.54) is 0 Å². The molecule has 0 aromatic heterocycles. The Bertz CT molecular complexity index is 228. The predicted octanol–water partition coefficient (Wildman–Crippen LogP) is 1.09. The summed E-state index contributed by atoms with van der Waals surface area (Å²) >= 11 is 0. The molecule has 1 rings (SSSR count). The number of morpholine rings is 1. The van der Waals surface area contributed by atoms with Crippen molar-refractivity contribution in [2.24, 2.45) is 0 Å². The zero-order valence-electron chi connectivity index (χ0n) is 10.7. The average Bonchev–Trinajstić information content (AvgIpc) is 2.26. The summed E-state index contributed by atoms with van der Waals surface area (Å²) in [5.41, 5.74) is 0. The van der Waals surface area contributed by atoms with Gasteiger partial charge >= 0.3 is 0 Å². The van der Waals surface area contributed by atoms with Crippen molar-refractivity contribution >= 4 is 5.78 Å². The monoisotopic (exact) mass is 229 g/mol. The molecule has 0 saturated carbocycles. The van der Waals surface area contributed by atoms with Crippen LogP contribution in [0.2, 0.25) is 0 Å². The number of ether oxygens (including phenoxy) is 2. The molecule has 0 bridgehead atoms. The zero-order valence-corrected chi connectivity index (χ0v) is 10.7. The molecule has 1 heterocycles. The minimum atomic E-state index is -0.310. The van der Waals surface area contributed by atoms with Crippen LogP contribution < -0.4 is 0 Å². The molecule has 4 heteroatoms. The molecule has 0 aromatic rings. The van der Waals surface area contributed by atoms with Gasteiger partial charge in [0.2, 0.25) is 0 Å². The molecule has 1 aliphatic rings. The number of carbonyl (C=O) groups excluding carboxylic acids is 1. The first-order chi connectivity index (χ1) is 7.50. The first-order valence-corrected chi connectivity index (χ1v) is 6.00. The number of ketones is 1. The van der Waals surface area contributed by atoms with Gasteiger partial charge in [-0.3, -0.25) is 9.69 Å². The van der Waals surface area contributed by atoms with Gasteiger partial charge in [0.05, 0.1) is 12.7 Å². The van der Waals surface area contributed by atoms with Crippen molar-refractivity contribution in [1.29, 1.82) is 0 Å². The summed E-state index contributed by atoms with van der Waals surface area (Å²) < 4.78 is 10.8. The number of rotatable bonds is 5. The summed E-state index contributed by atoms with van der Waals surface area (Å²) in [5.74, 6) is 0.0547. The lowest BCUT2D eigenvalue weighted by Gasteiger charge is -2.34. The number of carbonyl (C=O) groups is 1. The molecule has 1 unspecified atom stereocenters. The van der Waals surface area contributed by atoms with Crippen molar-refractivity contribution in [2.75, 3.05) is 26.3 Å². The fourth-order valence-electron chi connectivity index (χ4n) is 1.67. The SMILES string of the molecule is CC(C)OCC(=O)C1CN(C(C)C)CCO1. The van der Waals surface area contributed by atoms with E-state index in [4.69, 9.17) is 9.47 Å². The summed E-state index contributed by atoms with van der Waals surface area (Å²) in [5, 5.41) is 0. The van der Waals surface area contributed by atoms with Gasteiger partial charge in [0.15, 0.2) is 5.78 Å². The van der Waals surface area contributed by atoms with Crippen LogP contribution in [0.25, 0.3) is 0 Å². The molecule has 1 fully saturated rings. The van der Waals surface area contributed by atoms with Crippen LogP contribution in [0, 0.1) is 0 Å². The van der Waals surface area contributed by atoms with E-state index in [1.807, 2.05) is 13.8 Å². The Morgan fingerprint density at radius 2 is 2.12 bits per heavy atom. The molecular formula is C12H23NO3. The molecule has 0 N–H and O–H groups in total. The van der Waals surface area contributed by atoms with Crippen molar-refractivity contribution in [3.8, 4) is 0 Å². The molecule has 4 nitrogen and oxygen atoms in total. The minimum Gasteiger partial charge on any atom is -0.371 e. The highest BCUT2D eigenvalue weighted by Crippen LogP contribution is 2.09. The maximum Gasteiger partial charge on any atom is 0.188 e. The second-order valence-electron chi connectivity index (χ2n) is 4.77. The first-order valence-electron chi connectivity index (χ1n) is 6.00. The van der Waals surface area contributed by atoms with Gasteiger partial charge in [-0.25, -0.2) is 0 Å². The summed E-state index contributed by atoms with van der Waals surface area (Å²) in [6.45, 7) is 10.5. The minimum absolute atomic E-state index is 0.0547. The van der Waals surface area contributed by atoms with Gasteiger partial charge in [-0.1, -0.05) is 0 Å². The van der Waals surface area contributed by atoms with Crippen LogP contribution in [0.3, 0.4) is 0 Å². The molecule has 0 spiro atoms. The van der Waals surface area contributed by atoms with E-state index >= 15 is 0 Å². The molecule has 1 aliphatic heterocycles. The Labute approximate surface area is 97.9 Å². The number of nitrogens with zero attached hydrogens (tertiary/aromatic N) is 1. The fourth-order valence-corrected chi connectivity index (χ4v) is 1.67. The van der Waals surface area contributed by atoms with Crippen molar-refractivity contribution in [3.63, 3.8) is 0 Å². The Kier molecular flexibility index (Phi) is 5.38. The standard InChI is InChI=1S/C12H23NO3/c1-9(2)13-5-6-15-12(7-13)11(14)8-16-10(3)4/h9-10,12H,5-8H2,1-4H3. The van der Waals surface area contributed by atoms with Crippen LogP contribution in [-0.4, -0.2) is 55.2 Å². The van der Waals surface area contributed by atoms with Gasteiger partial charge in [0.25, 0.3) is 0 Å². The van der Waals surface area contributed by atoms with Crippen LogP contribution in [-0.2, 0) is 14.3 Å². The Morgan fingerprint density at radius 3 is 2.69 bits per heavy atom. The first kappa shape index (κ1) is 13.6. The quantitative estimate of drug-likeness (QED) is 0.707. The number of hydrogen-bond acceptors (Lipinski definition) is 4. The zero-order chi connectivity index (χ0) is 12.1. The van der Waals surface area contributed by atoms with E-state index in [9.17, 15) is 4.79 Å². The number of hydrogen-bond donors (Lipinski definition) is 0. The maximum absolute atomic E-state index is 11.8. The van der Waals surface area contributed by atoms with Gasteiger partial charge < -0.3 is 9.47 Å². The highest BCUT2D eigenvalue weighted by molar-refractivity contribution is 5.84. The van der Waals surface area contributed by atoms with Crippen molar-refractivity contribution in [1.82, 2.24) is 4.90 Å². The Hall–Kier alpha value is -0.450. The van der Waals surface area contributed by atoms with Gasteiger partial charge in [-0.15, -0.1) is 0 Å². The van der Waals surface area contributed by atoms with Gasteiger partial charge in [0, 0.05) is 19.1 Å². The highest BCUT2D eigenvalue weighted by atomic mass is 16.5. The lowest BCUT2D eigenvalue weighted by molar-refractivity contribution is -0.143. The Morgan fingerprint density at radius 1 is 1.44 bits per heavy atom. The highest BCUT2D eigenvalue weighted by Gasteiger charge is 2.27. The van der Waals surface area contributed by atoms with E-state index in [1.54, 1.807) is 0 Å². The lowest BCUT2D eigenvalue weighted by Crippen LogP contribution is -2.49. The molecule has 0 aromatic carbocycles. The molecule has 0 radical (unpaired) electrons. The van der Waals surface area contributed by atoms with Crippen LogP contribution in [0.5, 0.6) is 0 Å². The second-order valence-corrected chi connectivity index (χ2v) is 4.77. The van der Waals surface area contributed by atoms with Gasteiger partial charge in [0.1, 0.15) is 12.7 Å². The van der Waals surface area contributed by atoms with Crippen LogP contribution in [0.1, 0.15) is 27.7 Å². The van der Waals surface area contributed by atoms with Crippen LogP contribution in [0.4, 0.5) is 0 Å². The largest absolute Gasteiger partial charge is 0.371 e. The van der Waals surface area contributed by atoms with Gasteiger partial charge in [-0.05, 0) is 27.7 Å². The Balaban J connectivity index is 2.38. The second kappa shape index (κ2) is 6.33. The van der Waals surface area contributed by atoms with E-state index in [0.29, 0.717) is 19.2 Å². The normalized spacial score (nSPS) is 23.0. The topological polar surface area (TPSA) is 38.8 Å². The molecule has 1 atom stereocenters. The van der Waals surface area contributed by atoms with E-state index in [0.717, 1.165) is 6.54 Å².